The lowest BCUT2D eigenvalue weighted by atomic mass is 10.3. The van der Waals surface area contributed by atoms with Crippen LogP contribution in [0, 0.1) is 6.92 Å². The highest BCUT2D eigenvalue weighted by Crippen LogP contribution is 2.17. The minimum absolute atomic E-state index is 0.173. The van der Waals surface area contributed by atoms with Gasteiger partial charge in [0.25, 0.3) is 0 Å². The molecule has 3 rings (SSSR count). The molecule has 0 fully saturated rings. The number of nitrogens with zero attached hydrogens (tertiary/aromatic N) is 3. The average molecular weight is 333 g/mol. The van der Waals surface area contributed by atoms with Crippen molar-refractivity contribution in [2.24, 2.45) is 4.99 Å². The van der Waals surface area contributed by atoms with Crippen LogP contribution in [0.1, 0.15) is 16.2 Å². The lowest BCUT2D eigenvalue weighted by molar-refractivity contribution is 0.0962. The van der Waals surface area contributed by atoms with Gasteiger partial charge < -0.3 is 9.09 Å². The number of amides is 1. The van der Waals surface area contributed by atoms with E-state index in [-0.39, 0.29) is 5.76 Å². The highest BCUT2D eigenvalue weighted by Gasteiger charge is 2.12. The molecule has 0 radical (unpaired) electrons. The fraction of sp³-hybridized carbons (Fsp3) is 0.267. The van der Waals surface area contributed by atoms with Crippen molar-refractivity contribution in [3.63, 3.8) is 0 Å². The van der Waals surface area contributed by atoms with Gasteiger partial charge in [-0.05, 0) is 25.3 Å². The van der Waals surface area contributed by atoms with Gasteiger partial charge in [-0.3, -0.25) is 4.79 Å². The van der Waals surface area contributed by atoms with E-state index in [4.69, 9.17) is 4.52 Å². The maximum Gasteiger partial charge on any atom is 0.318 e. The Morgan fingerprint density at radius 1 is 1.45 bits per heavy atom. The van der Waals surface area contributed by atoms with Crippen molar-refractivity contribution in [1.29, 1.82) is 0 Å². The van der Waals surface area contributed by atoms with Gasteiger partial charge in [-0.2, -0.15) is 16.8 Å². The molecule has 0 saturated heterocycles. The zero-order chi connectivity index (χ0) is 15.5. The molecule has 0 bridgehead atoms. The van der Waals surface area contributed by atoms with E-state index in [0.29, 0.717) is 10.5 Å². The molecule has 3 aromatic rings. The quantitative estimate of drug-likeness (QED) is 0.736. The van der Waals surface area contributed by atoms with E-state index < -0.39 is 5.91 Å². The molecular weight excluding hydrogens is 318 g/mol. The van der Waals surface area contributed by atoms with Gasteiger partial charge >= 0.3 is 5.91 Å². The molecule has 1 aromatic carbocycles. The minimum atomic E-state index is -0.398. The molecule has 1 amide bonds. The van der Waals surface area contributed by atoms with Crippen molar-refractivity contribution in [1.82, 2.24) is 9.72 Å². The number of para-hydroxylation sites is 1. The van der Waals surface area contributed by atoms with Crippen molar-refractivity contribution in [2.75, 3.05) is 12.0 Å². The van der Waals surface area contributed by atoms with Crippen LogP contribution in [-0.4, -0.2) is 27.6 Å². The number of fused-ring (bicyclic) bond motifs is 1. The molecule has 0 spiro atoms. The molecule has 0 aliphatic rings. The van der Waals surface area contributed by atoms with Gasteiger partial charge in [0.05, 0.1) is 15.9 Å². The fourth-order valence-electron chi connectivity index (χ4n) is 2.11. The average Bonchev–Trinajstić information content (AvgIpc) is 3.09. The zero-order valence-corrected chi connectivity index (χ0v) is 13.9. The second-order valence-electron chi connectivity index (χ2n) is 4.75. The van der Waals surface area contributed by atoms with Gasteiger partial charge in [0.1, 0.15) is 0 Å². The lowest BCUT2D eigenvalue weighted by Crippen LogP contribution is -2.18. The summed E-state index contributed by atoms with van der Waals surface area (Å²) in [5, 5.41) is 3.73. The number of aromatic nitrogens is 2. The maximum absolute atomic E-state index is 12.2. The van der Waals surface area contributed by atoms with E-state index in [1.165, 1.54) is 11.3 Å². The van der Waals surface area contributed by atoms with Gasteiger partial charge in [0.15, 0.2) is 4.80 Å². The summed E-state index contributed by atoms with van der Waals surface area (Å²) in [6.45, 7) is 2.59. The smallest absolute Gasteiger partial charge is 0.318 e. The number of hydrogen-bond acceptors (Lipinski definition) is 5. The molecule has 114 valence electrons. The summed E-state index contributed by atoms with van der Waals surface area (Å²) in [5.74, 6) is 0.736. The van der Waals surface area contributed by atoms with Crippen molar-refractivity contribution in [3.05, 3.63) is 46.6 Å². The number of thioether (sulfide) groups is 1. The first-order chi connectivity index (χ1) is 10.7. The van der Waals surface area contributed by atoms with Crippen LogP contribution in [0.15, 0.2) is 39.8 Å². The monoisotopic (exact) mass is 333 g/mol. The Labute approximate surface area is 135 Å². The van der Waals surface area contributed by atoms with Gasteiger partial charge in [0.2, 0.25) is 5.76 Å². The first-order valence-corrected chi connectivity index (χ1v) is 9.00. The first-order valence-electron chi connectivity index (χ1n) is 6.78. The van der Waals surface area contributed by atoms with E-state index >= 15 is 0 Å². The molecule has 2 aromatic heterocycles. The van der Waals surface area contributed by atoms with Crippen molar-refractivity contribution in [3.8, 4) is 0 Å². The van der Waals surface area contributed by atoms with Crippen molar-refractivity contribution >= 4 is 39.2 Å². The van der Waals surface area contributed by atoms with Gasteiger partial charge in [-0.15, -0.1) is 0 Å². The lowest BCUT2D eigenvalue weighted by Gasteiger charge is -2.02. The van der Waals surface area contributed by atoms with Crippen molar-refractivity contribution < 1.29 is 9.32 Å². The standard InChI is InChI=1S/C15H15N3O2S2/c1-10-9-12(20-17-10)14(19)16-15-18(7-8-21-2)11-5-3-4-6-13(11)22-15/h3-6,9H,7-8H2,1-2H3. The highest BCUT2D eigenvalue weighted by atomic mass is 32.2. The number of benzene rings is 1. The second-order valence-corrected chi connectivity index (χ2v) is 6.74. The van der Waals surface area contributed by atoms with E-state index in [2.05, 4.69) is 21.0 Å². The predicted octanol–water partition coefficient (Wildman–Crippen LogP) is 3.10. The van der Waals surface area contributed by atoms with Crippen LogP contribution in [0.25, 0.3) is 10.2 Å². The highest BCUT2D eigenvalue weighted by molar-refractivity contribution is 7.98. The maximum atomic E-state index is 12.2. The Hall–Kier alpha value is -1.86. The molecular formula is C15H15N3O2S2. The molecule has 0 aliphatic carbocycles. The van der Waals surface area contributed by atoms with Gasteiger partial charge in [-0.25, -0.2) is 0 Å². The summed E-state index contributed by atoms with van der Waals surface area (Å²) >= 11 is 3.27. The van der Waals surface area contributed by atoms with E-state index in [1.54, 1.807) is 24.8 Å². The molecule has 22 heavy (non-hydrogen) atoms. The molecule has 7 heteroatoms. The van der Waals surface area contributed by atoms with Crippen LogP contribution in [0.2, 0.25) is 0 Å². The SMILES string of the molecule is CSCCn1c(=NC(=O)c2cc(C)no2)sc2ccccc21. The number of aryl methyl sites for hydroxylation is 2. The fourth-order valence-corrected chi connectivity index (χ4v) is 3.53. The van der Waals surface area contributed by atoms with Crippen LogP contribution < -0.4 is 4.80 Å². The number of carbonyl (C=O) groups is 1. The molecule has 5 nitrogen and oxygen atoms in total. The molecule has 0 N–H and O–H groups in total. The summed E-state index contributed by atoms with van der Waals surface area (Å²) < 4.78 is 8.19. The summed E-state index contributed by atoms with van der Waals surface area (Å²) in [7, 11) is 0. The molecule has 0 unspecified atom stereocenters. The molecule has 2 heterocycles. The third-order valence-corrected chi connectivity index (χ3v) is 4.79. The van der Waals surface area contributed by atoms with Crippen LogP contribution in [0.5, 0.6) is 0 Å². The number of rotatable bonds is 4. The van der Waals surface area contributed by atoms with Crippen molar-refractivity contribution in [2.45, 2.75) is 13.5 Å². The zero-order valence-electron chi connectivity index (χ0n) is 12.3. The first kappa shape index (κ1) is 15.1. The number of carbonyl (C=O) groups excluding carboxylic acids is 1. The third kappa shape index (κ3) is 3.00. The van der Waals surface area contributed by atoms with Gasteiger partial charge in [0, 0.05) is 18.4 Å². The summed E-state index contributed by atoms with van der Waals surface area (Å²) in [6.07, 6.45) is 2.06. The number of thiazole rings is 1. The normalized spacial score (nSPS) is 12.2. The summed E-state index contributed by atoms with van der Waals surface area (Å²) in [6, 6.07) is 9.68. The van der Waals surface area contributed by atoms with Gasteiger partial charge in [-0.1, -0.05) is 28.6 Å². The molecule has 0 atom stereocenters. The van der Waals surface area contributed by atoms with Crippen LogP contribution >= 0.6 is 23.1 Å². The Bertz CT molecular complexity index is 876. The van der Waals surface area contributed by atoms with E-state index in [0.717, 1.165) is 22.5 Å². The van der Waals surface area contributed by atoms with E-state index in [1.807, 2.05) is 24.3 Å². The summed E-state index contributed by atoms with van der Waals surface area (Å²) in [5.41, 5.74) is 1.77. The Morgan fingerprint density at radius 3 is 3.00 bits per heavy atom. The molecule has 0 saturated carbocycles. The van der Waals surface area contributed by atoms with Crippen LogP contribution in [0.3, 0.4) is 0 Å². The predicted molar refractivity (Wildman–Crippen MR) is 89.3 cm³/mol. The Kier molecular flexibility index (Phi) is 4.44. The minimum Gasteiger partial charge on any atom is -0.351 e. The molecule has 0 aliphatic heterocycles. The van der Waals surface area contributed by atoms with E-state index in [9.17, 15) is 4.79 Å². The Balaban J connectivity index is 2.08. The van der Waals surface area contributed by atoms with Crippen LogP contribution in [0.4, 0.5) is 0 Å². The third-order valence-electron chi connectivity index (χ3n) is 3.14. The number of hydrogen-bond donors (Lipinski definition) is 0. The second kappa shape index (κ2) is 6.50. The Morgan fingerprint density at radius 2 is 2.27 bits per heavy atom. The van der Waals surface area contributed by atoms with Crippen LogP contribution in [-0.2, 0) is 6.54 Å². The topological polar surface area (TPSA) is 60.4 Å². The largest absolute Gasteiger partial charge is 0.351 e. The summed E-state index contributed by atoms with van der Waals surface area (Å²) in [4.78, 5) is 17.1.